The lowest BCUT2D eigenvalue weighted by Gasteiger charge is -2.27. The normalized spacial score (nSPS) is 12.5. The third-order valence-corrected chi connectivity index (χ3v) is 4.54. The van der Waals surface area contributed by atoms with E-state index in [1.54, 1.807) is 37.8 Å². The Labute approximate surface area is 162 Å². The molecule has 0 aliphatic heterocycles. The van der Waals surface area contributed by atoms with E-state index in [2.05, 4.69) is 16.2 Å². The zero-order chi connectivity index (χ0) is 19.3. The summed E-state index contributed by atoms with van der Waals surface area (Å²) in [6, 6.07) is 5.21. The first kappa shape index (κ1) is 20.4. The molecule has 1 aromatic carbocycles. The fourth-order valence-electron chi connectivity index (χ4n) is 2.45. The van der Waals surface area contributed by atoms with E-state index in [-0.39, 0.29) is 5.91 Å². The number of nitrogens with one attached hydrogen (secondary N) is 1. The summed E-state index contributed by atoms with van der Waals surface area (Å²) in [6.45, 7) is 4.15. The van der Waals surface area contributed by atoms with Crippen molar-refractivity contribution in [3.05, 3.63) is 35.0 Å². The molecule has 0 saturated heterocycles. The highest BCUT2D eigenvalue weighted by molar-refractivity contribution is 7.99. The molecule has 5 nitrogen and oxygen atoms in total. The van der Waals surface area contributed by atoms with E-state index in [1.807, 2.05) is 13.8 Å². The highest BCUT2D eigenvalue weighted by Gasteiger charge is 2.27. The van der Waals surface area contributed by atoms with Crippen LogP contribution in [0.5, 0.6) is 5.75 Å². The van der Waals surface area contributed by atoms with Gasteiger partial charge in [-0.2, -0.15) is 0 Å². The van der Waals surface area contributed by atoms with Crippen LogP contribution in [-0.2, 0) is 9.53 Å². The summed E-state index contributed by atoms with van der Waals surface area (Å²) >= 11 is 7.58. The number of hydrogen-bond acceptors (Lipinski definition) is 5. The average molecular weight is 393 g/mol. The summed E-state index contributed by atoms with van der Waals surface area (Å²) < 4.78 is 11.0. The van der Waals surface area contributed by atoms with Crippen molar-refractivity contribution in [1.29, 1.82) is 0 Å². The van der Waals surface area contributed by atoms with Gasteiger partial charge in [0.15, 0.2) is 0 Å². The Morgan fingerprint density at radius 2 is 2.19 bits per heavy atom. The molecule has 2 rings (SSSR count). The van der Waals surface area contributed by atoms with Crippen LogP contribution >= 0.6 is 23.4 Å². The number of ether oxygens (including phenoxy) is 2. The number of terminal acetylenes is 1. The number of hydrogen-bond donors (Lipinski definition) is 1. The number of aromatic nitrogens is 1. The number of methoxy groups -OCH3 is 1. The van der Waals surface area contributed by atoms with Crippen molar-refractivity contribution in [3.63, 3.8) is 0 Å². The highest BCUT2D eigenvalue weighted by Crippen LogP contribution is 2.30. The van der Waals surface area contributed by atoms with Crippen molar-refractivity contribution < 1.29 is 14.3 Å². The van der Waals surface area contributed by atoms with Crippen molar-refractivity contribution in [1.82, 2.24) is 10.3 Å². The molecule has 0 aliphatic carbocycles. The Bertz CT molecular complexity index is 849. The third-order valence-electron chi connectivity index (χ3n) is 3.51. The number of thioether (sulfide) groups is 1. The summed E-state index contributed by atoms with van der Waals surface area (Å²) in [7, 11) is 1.59. The minimum absolute atomic E-state index is 0.244. The second-order valence-corrected chi connectivity index (χ2v) is 7.64. The van der Waals surface area contributed by atoms with Crippen LogP contribution in [0.15, 0.2) is 24.4 Å². The van der Waals surface area contributed by atoms with Gasteiger partial charge in [0.1, 0.15) is 5.75 Å². The second kappa shape index (κ2) is 8.63. The molecule has 2 aromatic rings. The molecule has 1 atom stereocenters. The van der Waals surface area contributed by atoms with E-state index in [4.69, 9.17) is 27.5 Å². The quantitative estimate of drug-likeness (QED) is 0.577. The number of amides is 1. The molecule has 0 radical (unpaired) electrons. The van der Waals surface area contributed by atoms with Crippen molar-refractivity contribution >= 4 is 40.2 Å². The van der Waals surface area contributed by atoms with Crippen molar-refractivity contribution in [2.45, 2.75) is 24.8 Å². The van der Waals surface area contributed by atoms with Crippen LogP contribution in [0.4, 0.5) is 0 Å². The topological polar surface area (TPSA) is 60.5 Å². The Balaban J connectivity index is 2.24. The molecule has 1 unspecified atom stereocenters. The Morgan fingerprint density at radius 3 is 2.81 bits per heavy atom. The maximum absolute atomic E-state index is 12.5. The fourth-order valence-corrected chi connectivity index (χ4v) is 3.19. The zero-order valence-electron chi connectivity index (χ0n) is 15.1. The number of nitrogens with zero attached hydrogens (tertiary/aromatic N) is 1. The molecule has 1 aromatic heterocycles. The van der Waals surface area contributed by atoms with Gasteiger partial charge < -0.3 is 14.8 Å². The molecular weight excluding hydrogens is 372 g/mol. The number of carbonyl (C=O) groups excluding carboxylic acids is 1. The molecule has 0 fully saturated rings. The Kier molecular flexibility index (Phi) is 6.76. The monoisotopic (exact) mass is 392 g/mol. The molecule has 1 amide bonds. The number of pyridine rings is 1. The molecule has 26 heavy (non-hydrogen) atoms. The van der Waals surface area contributed by atoms with Gasteiger partial charge in [-0.25, -0.2) is 0 Å². The molecule has 0 bridgehead atoms. The maximum atomic E-state index is 12.5. The third kappa shape index (κ3) is 5.04. The van der Waals surface area contributed by atoms with Gasteiger partial charge in [-0.15, -0.1) is 18.2 Å². The number of benzene rings is 1. The first-order valence-corrected chi connectivity index (χ1v) is 9.52. The molecule has 138 valence electrons. The average Bonchev–Trinajstić information content (AvgIpc) is 2.58. The minimum Gasteiger partial charge on any atom is -0.470 e. The second-order valence-electron chi connectivity index (χ2n) is 6.34. The van der Waals surface area contributed by atoms with Crippen molar-refractivity contribution in [2.24, 2.45) is 0 Å². The van der Waals surface area contributed by atoms with Gasteiger partial charge in [0.2, 0.25) is 5.44 Å². The number of fused-ring (bicyclic) bond motifs is 1. The maximum Gasteiger partial charge on any atom is 0.272 e. The number of halogens is 1. The van der Waals surface area contributed by atoms with E-state index < -0.39 is 11.0 Å². The molecule has 7 heteroatoms. The lowest BCUT2D eigenvalue weighted by molar-refractivity contribution is -0.126. The van der Waals surface area contributed by atoms with Crippen LogP contribution in [0.2, 0.25) is 5.02 Å². The first-order valence-electron chi connectivity index (χ1n) is 7.86. The van der Waals surface area contributed by atoms with E-state index in [1.165, 1.54) is 11.8 Å². The smallest absolute Gasteiger partial charge is 0.272 e. The fraction of sp³-hybridized carbons (Fsp3) is 0.368. The number of rotatable bonds is 7. The summed E-state index contributed by atoms with van der Waals surface area (Å²) in [5.74, 6) is 2.77. The highest BCUT2D eigenvalue weighted by atomic mass is 35.5. The molecule has 1 N–H and O–H groups in total. The van der Waals surface area contributed by atoms with Gasteiger partial charge in [-0.1, -0.05) is 17.5 Å². The standard InChI is InChI=1S/C19H21ClN2O3S/c1-6-12-7-13-8-14(9-15(20)16(13)21-10-12)25-18(26-5)17(23)22-19(2,3)11-24-4/h1,7-10,18H,11H2,2-5H3,(H,22,23). The van der Waals surface area contributed by atoms with Gasteiger partial charge in [-0.3, -0.25) is 9.78 Å². The van der Waals surface area contributed by atoms with E-state index in [0.29, 0.717) is 28.5 Å². The summed E-state index contributed by atoms with van der Waals surface area (Å²) in [5.41, 5.74) is 0.0366. The van der Waals surface area contributed by atoms with Crippen LogP contribution in [-0.4, -0.2) is 41.8 Å². The Hall–Kier alpha value is -1.94. The molecule has 0 aliphatic rings. The summed E-state index contributed by atoms with van der Waals surface area (Å²) in [4.78, 5) is 16.8. The molecular formula is C19H21ClN2O3S. The van der Waals surface area contributed by atoms with Crippen LogP contribution in [0.1, 0.15) is 19.4 Å². The first-order chi connectivity index (χ1) is 12.3. The van der Waals surface area contributed by atoms with Crippen molar-refractivity contribution in [2.75, 3.05) is 20.0 Å². The number of carbonyl (C=O) groups is 1. The van der Waals surface area contributed by atoms with Crippen LogP contribution in [0.25, 0.3) is 10.9 Å². The van der Waals surface area contributed by atoms with E-state index in [0.717, 1.165) is 5.39 Å². The summed E-state index contributed by atoms with van der Waals surface area (Å²) in [6.07, 6.45) is 8.81. The summed E-state index contributed by atoms with van der Waals surface area (Å²) in [5, 5.41) is 4.10. The van der Waals surface area contributed by atoms with Crippen LogP contribution in [0.3, 0.4) is 0 Å². The molecule has 0 spiro atoms. The van der Waals surface area contributed by atoms with Gasteiger partial charge in [-0.05, 0) is 32.2 Å². The predicted molar refractivity (Wildman–Crippen MR) is 107 cm³/mol. The predicted octanol–water partition coefficient (Wildman–Crippen LogP) is 3.48. The SMILES string of the molecule is C#Cc1cnc2c(Cl)cc(OC(SC)C(=O)NC(C)(C)COC)cc2c1. The van der Waals surface area contributed by atoms with Gasteiger partial charge in [0.05, 0.1) is 22.7 Å². The van der Waals surface area contributed by atoms with E-state index >= 15 is 0 Å². The zero-order valence-corrected chi connectivity index (χ0v) is 16.7. The van der Waals surface area contributed by atoms with Gasteiger partial charge in [0, 0.05) is 30.3 Å². The van der Waals surface area contributed by atoms with Crippen molar-refractivity contribution in [3.8, 4) is 18.1 Å². The van der Waals surface area contributed by atoms with E-state index in [9.17, 15) is 4.79 Å². The molecule has 1 heterocycles. The van der Waals surface area contributed by atoms with Crippen LogP contribution in [0, 0.1) is 12.3 Å². The lowest BCUT2D eigenvalue weighted by atomic mass is 10.1. The lowest BCUT2D eigenvalue weighted by Crippen LogP contribution is -2.50. The van der Waals surface area contributed by atoms with Gasteiger partial charge >= 0.3 is 0 Å². The van der Waals surface area contributed by atoms with Crippen LogP contribution < -0.4 is 10.1 Å². The largest absolute Gasteiger partial charge is 0.470 e. The minimum atomic E-state index is -0.733. The Morgan fingerprint density at radius 1 is 1.46 bits per heavy atom. The van der Waals surface area contributed by atoms with Gasteiger partial charge in [0.25, 0.3) is 5.91 Å². The molecule has 0 saturated carbocycles.